The van der Waals surface area contributed by atoms with Gasteiger partial charge in [-0.25, -0.2) is 4.98 Å². The number of methoxy groups -OCH3 is 1. The highest BCUT2D eigenvalue weighted by molar-refractivity contribution is 6.04. The number of nitrogens with zero attached hydrogens (tertiary/aromatic N) is 4. The number of likely N-dealkylation sites (tertiary alicyclic amines) is 1. The molecule has 0 bridgehead atoms. The minimum absolute atomic E-state index is 0. The highest BCUT2D eigenvalue weighted by Crippen LogP contribution is 2.35. The lowest BCUT2D eigenvalue weighted by molar-refractivity contribution is -0.138. The molecule has 40 heavy (non-hydrogen) atoms. The summed E-state index contributed by atoms with van der Waals surface area (Å²) in [6.45, 7) is 3.47. The maximum absolute atomic E-state index is 12.7. The Labute approximate surface area is 235 Å². The molecule has 0 unspecified atom stereocenters. The Balaban J connectivity index is 0.00000441. The topological polar surface area (TPSA) is 127 Å². The molecule has 0 aliphatic carbocycles. The lowest BCUT2D eigenvalue weighted by atomic mass is 9.89. The summed E-state index contributed by atoms with van der Waals surface area (Å²) in [4.78, 5) is 36.0. The molecular formula is C26H33ClF3N7O3. The van der Waals surface area contributed by atoms with Crippen LogP contribution in [0.5, 0.6) is 5.75 Å². The second kappa shape index (κ2) is 12.7. The monoisotopic (exact) mass is 583 g/mol. The van der Waals surface area contributed by atoms with Gasteiger partial charge in [0.25, 0.3) is 5.91 Å². The van der Waals surface area contributed by atoms with E-state index in [0.717, 1.165) is 18.4 Å². The van der Waals surface area contributed by atoms with E-state index < -0.39 is 23.9 Å². The third kappa shape index (κ3) is 6.76. The normalized spacial score (nSPS) is 14.6. The molecule has 3 aromatic rings. The zero-order valence-corrected chi connectivity index (χ0v) is 23.3. The number of fused-ring (bicyclic) bond motifs is 1. The lowest BCUT2D eigenvalue weighted by Crippen LogP contribution is -2.35. The summed E-state index contributed by atoms with van der Waals surface area (Å²) >= 11 is 0. The molecule has 0 spiro atoms. The van der Waals surface area contributed by atoms with E-state index in [1.807, 2.05) is 30.0 Å². The smallest absolute Gasteiger partial charge is 0.390 e. The quantitative estimate of drug-likeness (QED) is 0.362. The first kappa shape index (κ1) is 31.0. The Morgan fingerprint density at radius 3 is 2.50 bits per heavy atom. The van der Waals surface area contributed by atoms with Crippen LogP contribution in [0.4, 0.5) is 30.6 Å². The molecule has 1 aliphatic rings. The maximum atomic E-state index is 12.7. The van der Waals surface area contributed by atoms with Gasteiger partial charge in [-0.1, -0.05) is 6.07 Å². The molecule has 2 aromatic heterocycles. The maximum Gasteiger partial charge on any atom is 0.390 e. The molecule has 14 heteroatoms. The SMILES string of the molecule is CCn1c(N)cc(=O)c2c(C(=O)NC)nc(Nc3ccc(C4CCN(CCC(F)(F)F)CC4)cc3OC)nc21.Cl. The van der Waals surface area contributed by atoms with Crippen LogP contribution in [-0.2, 0) is 6.54 Å². The Morgan fingerprint density at radius 1 is 1.20 bits per heavy atom. The van der Waals surface area contributed by atoms with Gasteiger partial charge in [0, 0.05) is 26.2 Å². The van der Waals surface area contributed by atoms with Gasteiger partial charge < -0.3 is 30.6 Å². The highest BCUT2D eigenvalue weighted by atomic mass is 35.5. The summed E-state index contributed by atoms with van der Waals surface area (Å²) in [6, 6.07) is 6.88. The molecule has 218 valence electrons. The first-order chi connectivity index (χ1) is 18.5. The van der Waals surface area contributed by atoms with E-state index in [1.165, 1.54) is 20.2 Å². The van der Waals surface area contributed by atoms with Crippen molar-refractivity contribution in [2.75, 3.05) is 44.8 Å². The number of aryl methyl sites for hydroxylation is 1. The zero-order chi connectivity index (χ0) is 28.3. The van der Waals surface area contributed by atoms with E-state index in [0.29, 0.717) is 31.1 Å². The zero-order valence-electron chi connectivity index (χ0n) is 22.5. The van der Waals surface area contributed by atoms with Gasteiger partial charge in [0.1, 0.15) is 17.3 Å². The number of aromatic nitrogens is 3. The molecule has 0 radical (unpaired) electrons. The van der Waals surface area contributed by atoms with Crippen LogP contribution in [0, 0.1) is 0 Å². The van der Waals surface area contributed by atoms with E-state index in [4.69, 9.17) is 10.5 Å². The third-order valence-electron chi connectivity index (χ3n) is 6.98. The number of alkyl halides is 3. The molecule has 4 rings (SSSR count). The van der Waals surface area contributed by atoms with Crippen LogP contribution in [0.25, 0.3) is 11.0 Å². The van der Waals surface area contributed by atoms with Gasteiger partial charge in [0.15, 0.2) is 11.1 Å². The Kier molecular flexibility index (Phi) is 9.85. The summed E-state index contributed by atoms with van der Waals surface area (Å²) in [7, 11) is 2.97. The molecular weight excluding hydrogens is 551 g/mol. The average molecular weight is 584 g/mol. The number of benzene rings is 1. The standard InChI is InChI=1S/C26H32F3N7O3.ClH/c1-4-36-20(30)14-18(37)21-22(24(38)31-2)33-25(34-23(21)36)32-17-6-5-16(13-19(17)39-3)15-7-10-35(11-8-15)12-9-26(27,28)29;/h5-6,13-15H,4,7-12,30H2,1-3H3,(H,31,38)(H,32,33,34);1H. The second-order valence-corrected chi connectivity index (χ2v) is 9.42. The summed E-state index contributed by atoms with van der Waals surface area (Å²) < 4.78 is 44.9. The highest BCUT2D eigenvalue weighted by Gasteiger charge is 2.29. The Morgan fingerprint density at radius 2 is 1.90 bits per heavy atom. The third-order valence-corrected chi connectivity index (χ3v) is 6.98. The average Bonchev–Trinajstić information content (AvgIpc) is 2.91. The minimum Gasteiger partial charge on any atom is -0.495 e. The fourth-order valence-electron chi connectivity index (χ4n) is 4.91. The summed E-state index contributed by atoms with van der Waals surface area (Å²) in [5, 5.41) is 5.67. The molecule has 1 aromatic carbocycles. The molecule has 3 heterocycles. The van der Waals surface area contributed by atoms with Crippen LogP contribution >= 0.6 is 12.4 Å². The number of nitrogens with two attached hydrogens (primary N) is 1. The molecule has 1 amide bonds. The number of hydrogen-bond acceptors (Lipinski definition) is 8. The largest absolute Gasteiger partial charge is 0.495 e. The fourth-order valence-corrected chi connectivity index (χ4v) is 4.91. The van der Waals surface area contributed by atoms with Gasteiger partial charge in [-0.05, 0) is 56.5 Å². The van der Waals surface area contributed by atoms with E-state index in [9.17, 15) is 22.8 Å². The summed E-state index contributed by atoms with van der Waals surface area (Å²) in [6.07, 6.45) is -3.46. The van der Waals surface area contributed by atoms with Crippen molar-refractivity contribution in [3.63, 3.8) is 0 Å². The van der Waals surface area contributed by atoms with E-state index in [-0.39, 0.29) is 53.4 Å². The van der Waals surface area contributed by atoms with Crippen molar-refractivity contribution in [2.45, 2.75) is 44.8 Å². The van der Waals surface area contributed by atoms with Crippen molar-refractivity contribution >= 4 is 46.8 Å². The number of hydrogen-bond donors (Lipinski definition) is 3. The van der Waals surface area contributed by atoms with Gasteiger partial charge >= 0.3 is 6.18 Å². The van der Waals surface area contributed by atoms with Gasteiger partial charge in [0.2, 0.25) is 5.95 Å². The van der Waals surface area contributed by atoms with Crippen LogP contribution in [0.2, 0.25) is 0 Å². The van der Waals surface area contributed by atoms with Crippen LogP contribution in [0.3, 0.4) is 0 Å². The Bertz CT molecular complexity index is 1420. The summed E-state index contributed by atoms with van der Waals surface area (Å²) in [5.41, 5.74) is 7.30. The molecule has 0 saturated carbocycles. The Hall–Kier alpha value is -3.58. The van der Waals surface area contributed by atoms with Crippen molar-refractivity contribution in [2.24, 2.45) is 0 Å². The summed E-state index contributed by atoms with van der Waals surface area (Å²) in [5.74, 6) is 0.455. The van der Waals surface area contributed by atoms with Gasteiger partial charge in [-0.2, -0.15) is 18.2 Å². The van der Waals surface area contributed by atoms with Crippen molar-refractivity contribution in [1.29, 1.82) is 0 Å². The second-order valence-electron chi connectivity index (χ2n) is 9.42. The van der Waals surface area contributed by atoms with Gasteiger partial charge in [-0.3, -0.25) is 9.59 Å². The van der Waals surface area contributed by atoms with Crippen LogP contribution < -0.4 is 26.5 Å². The number of anilines is 3. The van der Waals surface area contributed by atoms with E-state index >= 15 is 0 Å². The molecule has 1 aliphatic heterocycles. The van der Waals surface area contributed by atoms with Crippen molar-refractivity contribution in [3.8, 4) is 5.75 Å². The van der Waals surface area contributed by atoms with E-state index in [2.05, 4.69) is 20.6 Å². The number of nitrogen functional groups attached to an aromatic ring is 1. The number of carbonyl (C=O) groups excluding carboxylic acids is 1. The van der Waals surface area contributed by atoms with Crippen LogP contribution in [-0.4, -0.2) is 65.3 Å². The predicted molar refractivity (Wildman–Crippen MR) is 150 cm³/mol. The molecule has 10 nitrogen and oxygen atoms in total. The number of halogens is 4. The van der Waals surface area contributed by atoms with Crippen LogP contribution in [0.1, 0.15) is 48.2 Å². The number of ether oxygens (including phenoxy) is 1. The molecule has 4 N–H and O–H groups in total. The number of carbonyl (C=O) groups is 1. The molecule has 1 fully saturated rings. The molecule has 0 atom stereocenters. The molecule has 1 saturated heterocycles. The van der Waals surface area contributed by atoms with Crippen LogP contribution in [0.15, 0.2) is 29.1 Å². The number of pyridine rings is 1. The number of amides is 1. The lowest BCUT2D eigenvalue weighted by Gasteiger charge is -2.32. The minimum atomic E-state index is -4.15. The predicted octanol–water partition coefficient (Wildman–Crippen LogP) is 4.06. The van der Waals surface area contributed by atoms with Crippen molar-refractivity contribution in [3.05, 3.63) is 45.7 Å². The fraction of sp³-hybridized carbons (Fsp3) is 0.462. The van der Waals surface area contributed by atoms with E-state index in [1.54, 1.807) is 4.57 Å². The van der Waals surface area contributed by atoms with Gasteiger partial charge in [-0.15, -0.1) is 12.4 Å². The number of piperidine rings is 1. The van der Waals surface area contributed by atoms with Gasteiger partial charge in [0.05, 0.1) is 24.6 Å². The number of nitrogens with one attached hydrogen (secondary N) is 2. The van der Waals surface area contributed by atoms with Crippen molar-refractivity contribution in [1.82, 2.24) is 24.8 Å². The van der Waals surface area contributed by atoms with Crippen molar-refractivity contribution < 1.29 is 22.7 Å². The first-order valence-corrected chi connectivity index (χ1v) is 12.7. The number of rotatable bonds is 8. The first-order valence-electron chi connectivity index (χ1n) is 12.7.